The third kappa shape index (κ3) is 3.56. The van der Waals surface area contributed by atoms with Crippen LogP contribution in [0.15, 0.2) is 48.4 Å². The summed E-state index contributed by atoms with van der Waals surface area (Å²) in [6.07, 6.45) is 5.75. The zero-order chi connectivity index (χ0) is 22.5. The van der Waals surface area contributed by atoms with Crippen LogP contribution in [0.1, 0.15) is 37.8 Å². The third-order valence-electron chi connectivity index (χ3n) is 6.42. The Labute approximate surface area is 186 Å². The van der Waals surface area contributed by atoms with Gasteiger partial charge < -0.3 is 20.1 Å². The Morgan fingerprint density at radius 3 is 2.97 bits per heavy atom. The number of ether oxygens (including phenoxy) is 1. The molecule has 2 N–H and O–H groups in total. The van der Waals surface area contributed by atoms with E-state index >= 15 is 0 Å². The molecular weight excluding hydrogens is 409 g/mol. The molecule has 4 heterocycles. The molecule has 0 saturated carbocycles. The number of nitrogens with one attached hydrogen (secondary N) is 1. The second-order valence-corrected chi connectivity index (χ2v) is 9.09. The zero-order valence-corrected chi connectivity index (χ0v) is 18.2. The summed E-state index contributed by atoms with van der Waals surface area (Å²) in [4.78, 5) is 19.4. The van der Waals surface area contributed by atoms with Crippen molar-refractivity contribution in [3.8, 4) is 0 Å². The second kappa shape index (κ2) is 7.74. The Hall–Kier alpha value is -3.19. The summed E-state index contributed by atoms with van der Waals surface area (Å²) in [7, 11) is 0. The minimum atomic E-state index is -0.653. The van der Waals surface area contributed by atoms with Crippen molar-refractivity contribution in [2.24, 2.45) is 5.92 Å². The van der Waals surface area contributed by atoms with Gasteiger partial charge in [0.15, 0.2) is 0 Å². The number of hydrogen-bond donors (Lipinski definition) is 2. The lowest BCUT2D eigenvalue weighted by Gasteiger charge is -2.33. The van der Waals surface area contributed by atoms with E-state index in [1.165, 1.54) is 12.1 Å². The minimum absolute atomic E-state index is 0.187. The van der Waals surface area contributed by atoms with Gasteiger partial charge in [-0.15, -0.1) is 0 Å². The summed E-state index contributed by atoms with van der Waals surface area (Å²) < 4.78 is 19.8. The van der Waals surface area contributed by atoms with E-state index in [1.807, 2.05) is 32.1 Å². The number of nitrogens with zero attached hydrogens (tertiary/aromatic N) is 2. The molecule has 1 fully saturated rings. The molecule has 3 aliphatic rings. The van der Waals surface area contributed by atoms with E-state index in [0.29, 0.717) is 22.6 Å². The summed E-state index contributed by atoms with van der Waals surface area (Å²) in [6.45, 7) is 5.82. The third-order valence-corrected chi connectivity index (χ3v) is 6.42. The summed E-state index contributed by atoms with van der Waals surface area (Å²) >= 11 is 0. The number of halogens is 1. The number of benzene rings is 1. The van der Waals surface area contributed by atoms with E-state index in [2.05, 4.69) is 15.2 Å². The SMILES string of the molecule is CC1(C)O/C(=C2/C(=O)Nc3cc(F)ccc32)C=C1c1ccnc(N2CCCC(CO)C2)c1. The highest BCUT2D eigenvalue weighted by atomic mass is 19.1. The molecule has 1 aromatic heterocycles. The number of carbonyl (C=O) groups excluding carboxylic acids is 1. The predicted molar refractivity (Wildman–Crippen MR) is 121 cm³/mol. The molecule has 1 unspecified atom stereocenters. The molecular formula is C25H26FN3O3. The van der Waals surface area contributed by atoms with Crippen LogP contribution in [0, 0.1) is 11.7 Å². The molecule has 3 aliphatic heterocycles. The number of aromatic nitrogens is 1. The van der Waals surface area contributed by atoms with Crippen LogP contribution in [0.5, 0.6) is 0 Å². The Morgan fingerprint density at radius 2 is 2.16 bits per heavy atom. The van der Waals surface area contributed by atoms with Crippen LogP contribution in [0.3, 0.4) is 0 Å². The summed E-state index contributed by atoms with van der Waals surface area (Å²) in [5.74, 6) is 0.918. The zero-order valence-electron chi connectivity index (χ0n) is 18.2. The molecule has 5 rings (SSSR count). The number of amides is 1. The van der Waals surface area contributed by atoms with Crippen LogP contribution < -0.4 is 10.2 Å². The Morgan fingerprint density at radius 1 is 1.31 bits per heavy atom. The molecule has 0 spiro atoms. The number of pyridine rings is 1. The van der Waals surface area contributed by atoms with Crippen LogP contribution >= 0.6 is 0 Å². The van der Waals surface area contributed by atoms with E-state index in [-0.39, 0.29) is 18.4 Å². The smallest absolute Gasteiger partial charge is 0.260 e. The normalized spacial score (nSPS) is 24.1. The van der Waals surface area contributed by atoms with E-state index in [0.717, 1.165) is 42.9 Å². The fourth-order valence-electron chi connectivity index (χ4n) is 4.79. The van der Waals surface area contributed by atoms with Crippen molar-refractivity contribution < 1.29 is 19.0 Å². The molecule has 166 valence electrons. The van der Waals surface area contributed by atoms with Gasteiger partial charge in [0.1, 0.15) is 23.0 Å². The lowest BCUT2D eigenvalue weighted by atomic mass is 9.92. The van der Waals surface area contributed by atoms with Crippen molar-refractivity contribution >= 4 is 28.6 Å². The van der Waals surface area contributed by atoms with Crippen LogP contribution in [-0.2, 0) is 9.53 Å². The van der Waals surface area contributed by atoms with Crippen molar-refractivity contribution in [1.29, 1.82) is 0 Å². The second-order valence-electron chi connectivity index (χ2n) is 9.09. The lowest BCUT2D eigenvalue weighted by Crippen LogP contribution is -2.37. The number of anilines is 2. The molecule has 1 amide bonds. The van der Waals surface area contributed by atoms with Crippen molar-refractivity contribution in [2.75, 3.05) is 29.9 Å². The van der Waals surface area contributed by atoms with Gasteiger partial charge in [-0.1, -0.05) is 0 Å². The van der Waals surface area contributed by atoms with E-state index in [1.54, 1.807) is 12.3 Å². The van der Waals surface area contributed by atoms with Gasteiger partial charge in [0.25, 0.3) is 5.91 Å². The number of hydrogen-bond acceptors (Lipinski definition) is 5. The molecule has 0 radical (unpaired) electrons. The van der Waals surface area contributed by atoms with Crippen molar-refractivity contribution in [3.63, 3.8) is 0 Å². The van der Waals surface area contributed by atoms with Crippen LogP contribution in [0.25, 0.3) is 11.1 Å². The average Bonchev–Trinajstić information content (AvgIpc) is 3.27. The van der Waals surface area contributed by atoms with Gasteiger partial charge in [-0.05, 0) is 74.6 Å². The number of fused-ring (bicyclic) bond motifs is 1. The number of allylic oxidation sites excluding steroid dienone is 1. The molecule has 0 bridgehead atoms. The van der Waals surface area contributed by atoms with E-state index in [4.69, 9.17) is 4.74 Å². The van der Waals surface area contributed by atoms with Gasteiger partial charge in [-0.2, -0.15) is 0 Å². The molecule has 1 aromatic carbocycles. The quantitative estimate of drug-likeness (QED) is 0.714. The standard InChI is InChI=1S/C25H26FN3O3/c1-25(2)19(16-7-8-27-22(10-16)29-9-3-4-15(13-29)14-30)12-21(32-25)23-18-6-5-17(26)11-20(18)28-24(23)31/h5-8,10-12,15,30H,3-4,9,13-14H2,1-2H3,(H,28,31)/b23-21+. The molecule has 32 heavy (non-hydrogen) atoms. The van der Waals surface area contributed by atoms with Crippen molar-refractivity contribution in [2.45, 2.75) is 32.3 Å². The largest absolute Gasteiger partial charge is 0.482 e. The minimum Gasteiger partial charge on any atom is -0.482 e. The predicted octanol–water partition coefficient (Wildman–Crippen LogP) is 3.99. The number of aliphatic hydroxyl groups is 1. The van der Waals surface area contributed by atoms with Crippen LogP contribution in [0.4, 0.5) is 15.9 Å². The Balaban J connectivity index is 1.53. The van der Waals surface area contributed by atoms with Crippen molar-refractivity contribution in [1.82, 2.24) is 4.98 Å². The first-order valence-corrected chi connectivity index (χ1v) is 10.9. The van der Waals surface area contributed by atoms with Gasteiger partial charge in [0.2, 0.25) is 0 Å². The summed E-state index contributed by atoms with van der Waals surface area (Å²) in [5, 5.41) is 12.3. The fraction of sp³-hybridized carbons (Fsp3) is 0.360. The number of aliphatic hydroxyl groups excluding tert-OH is 1. The number of rotatable bonds is 3. The van der Waals surface area contributed by atoms with Crippen molar-refractivity contribution in [3.05, 3.63) is 65.3 Å². The van der Waals surface area contributed by atoms with Crippen LogP contribution in [-0.4, -0.2) is 41.3 Å². The Bertz CT molecular complexity index is 1150. The molecule has 1 atom stereocenters. The fourth-order valence-corrected chi connectivity index (χ4v) is 4.79. The first-order valence-electron chi connectivity index (χ1n) is 10.9. The molecule has 0 aliphatic carbocycles. The number of piperidine rings is 1. The monoisotopic (exact) mass is 435 g/mol. The Kier molecular flexibility index (Phi) is 5.01. The van der Waals surface area contributed by atoms with Gasteiger partial charge in [-0.3, -0.25) is 4.79 Å². The van der Waals surface area contributed by atoms with Gasteiger partial charge in [-0.25, -0.2) is 9.37 Å². The maximum absolute atomic E-state index is 13.6. The average molecular weight is 435 g/mol. The topological polar surface area (TPSA) is 74.7 Å². The molecule has 6 nitrogen and oxygen atoms in total. The lowest BCUT2D eigenvalue weighted by molar-refractivity contribution is -0.111. The number of carbonyl (C=O) groups is 1. The van der Waals surface area contributed by atoms with Gasteiger partial charge in [0.05, 0.1) is 11.3 Å². The maximum atomic E-state index is 13.6. The highest BCUT2D eigenvalue weighted by Gasteiger charge is 2.38. The highest BCUT2D eigenvalue weighted by molar-refractivity contribution is 6.32. The van der Waals surface area contributed by atoms with Gasteiger partial charge >= 0.3 is 0 Å². The maximum Gasteiger partial charge on any atom is 0.260 e. The van der Waals surface area contributed by atoms with E-state index in [9.17, 15) is 14.3 Å². The summed E-state index contributed by atoms with van der Waals surface area (Å²) in [5.41, 5.74) is 2.77. The first kappa shape index (κ1) is 20.7. The van der Waals surface area contributed by atoms with Gasteiger partial charge in [0, 0.05) is 37.0 Å². The molecule has 2 aromatic rings. The molecule has 1 saturated heterocycles. The van der Waals surface area contributed by atoms with E-state index < -0.39 is 11.4 Å². The molecule has 7 heteroatoms. The first-order chi connectivity index (χ1) is 15.4. The highest BCUT2D eigenvalue weighted by Crippen LogP contribution is 2.44. The van der Waals surface area contributed by atoms with Crippen LogP contribution in [0.2, 0.25) is 0 Å². The summed E-state index contributed by atoms with van der Waals surface area (Å²) in [6, 6.07) is 8.25.